The van der Waals surface area contributed by atoms with E-state index in [0.29, 0.717) is 18.1 Å². The van der Waals surface area contributed by atoms with Gasteiger partial charge in [-0.05, 0) is 34.7 Å². The van der Waals surface area contributed by atoms with Crippen molar-refractivity contribution in [3.8, 4) is 0 Å². The molecule has 1 rings (SSSR count). The summed E-state index contributed by atoms with van der Waals surface area (Å²) in [4.78, 5) is 4.96. The van der Waals surface area contributed by atoms with E-state index < -0.39 is 0 Å². The highest BCUT2D eigenvalue weighted by atomic mass is 15.3. The van der Waals surface area contributed by atoms with E-state index in [1.165, 1.54) is 0 Å². The van der Waals surface area contributed by atoms with Gasteiger partial charge in [0.25, 0.3) is 0 Å². The first-order valence-corrected chi connectivity index (χ1v) is 5.65. The van der Waals surface area contributed by atoms with Crippen molar-refractivity contribution in [3.05, 3.63) is 0 Å². The summed E-state index contributed by atoms with van der Waals surface area (Å²) in [6.07, 6.45) is 0. The number of hydrogen-bond acceptors (Lipinski definition) is 3. The minimum absolute atomic E-state index is 0.262. The second-order valence-electron chi connectivity index (χ2n) is 4.92. The predicted octanol–water partition coefficient (Wildman–Crippen LogP) is 0.747. The zero-order chi connectivity index (χ0) is 10.9. The fraction of sp³-hybridized carbons (Fsp3) is 1.00. The lowest BCUT2D eigenvalue weighted by Crippen LogP contribution is -2.59. The van der Waals surface area contributed by atoms with E-state index in [-0.39, 0.29) is 6.04 Å². The van der Waals surface area contributed by atoms with Crippen LogP contribution in [0.15, 0.2) is 0 Å². The van der Waals surface area contributed by atoms with Crippen molar-refractivity contribution >= 4 is 0 Å². The van der Waals surface area contributed by atoms with Gasteiger partial charge in [0.05, 0.1) is 0 Å². The Bertz CT molecular complexity index is 169. The van der Waals surface area contributed by atoms with Crippen LogP contribution in [0.5, 0.6) is 0 Å². The van der Waals surface area contributed by atoms with E-state index in [0.717, 1.165) is 13.1 Å². The number of likely N-dealkylation sites (N-methyl/N-ethyl adjacent to an activating group) is 1. The smallest absolute Gasteiger partial charge is 0.0217 e. The number of piperazine rings is 1. The topological polar surface area (TPSA) is 32.5 Å². The van der Waals surface area contributed by atoms with Crippen LogP contribution in [0.25, 0.3) is 0 Å². The fourth-order valence-corrected chi connectivity index (χ4v) is 2.11. The van der Waals surface area contributed by atoms with Crippen LogP contribution < -0.4 is 5.73 Å². The summed E-state index contributed by atoms with van der Waals surface area (Å²) in [7, 11) is 2.21. The van der Waals surface area contributed by atoms with Crippen molar-refractivity contribution in [2.45, 2.75) is 51.9 Å². The van der Waals surface area contributed by atoms with Crippen LogP contribution in [0, 0.1) is 0 Å². The SMILES string of the molecule is CC(N)C(C)N1CC(C)N(C)C(C)C1. The van der Waals surface area contributed by atoms with Crippen molar-refractivity contribution in [2.75, 3.05) is 20.1 Å². The Morgan fingerprint density at radius 1 is 1.14 bits per heavy atom. The molecule has 1 aliphatic heterocycles. The van der Waals surface area contributed by atoms with E-state index in [9.17, 15) is 0 Å². The molecule has 0 amide bonds. The number of rotatable bonds is 2. The van der Waals surface area contributed by atoms with Gasteiger partial charge in [0, 0.05) is 37.3 Å². The molecule has 0 aromatic rings. The Balaban J connectivity index is 2.57. The van der Waals surface area contributed by atoms with Crippen LogP contribution in [0.2, 0.25) is 0 Å². The second kappa shape index (κ2) is 4.60. The Morgan fingerprint density at radius 2 is 1.57 bits per heavy atom. The Hall–Kier alpha value is -0.120. The van der Waals surface area contributed by atoms with Gasteiger partial charge in [-0.15, -0.1) is 0 Å². The molecular weight excluding hydrogens is 174 g/mol. The van der Waals surface area contributed by atoms with Gasteiger partial charge in [-0.3, -0.25) is 9.80 Å². The molecule has 2 N–H and O–H groups in total. The highest BCUT2D eigenvalue weighted by Crippen LogP contribution is 2.16. The monoisotopic (exact) mass is 199 g/mol. The fourth-order valence-electron chi connectivity index (χ4n) is 2.11. The van der Waals surface area contributed by atoms with Gasteiger partial charge in [0.15, 0.2) is 0 Å². The van der Waals surface area contributed by atoms with Gasteiger partial charge < -0.3 is 5.73 Å². The molecule has 1 heterocycles. The molecule has 0 saturated carbocycles. The third-order valence-corrected chi connectivity index (χ3v) is 3.72. The van der Waals surface area contributed by atoms with Crippen molar-refractivity contribution < 1.29 is 0 Å². The zero-order valence-corrected chi connectivity index (χ0v) is 10.2. The van der Waals surface area contributed by atoms with Gasteiger partial charge in [-0.1, -0.05) is 0 Å². The summed E-state index contributed by atoms with van der Waals surface area (Å²) in [6.45, 7) is 11.2. The summed E-state index contributed by atoms with van der Waals surface area (Å²) >= 11 is 0. The van der Waals surface area contributed by atoms with Gasteiger partial charge in [-0.2, -0.15) is 0 Å². The molecule has 0 bridgehead atoms. The van der Waals surface area contributed by atoms with Crippen molar-refractivity contribution in [3.63, 3.8) is 0 Å². The average molecular weight is 199 g/mol. The third kappa shape index (κ3) is 2.47. The van der Waals surface area contributed by atoms with Gasteiger partial charge in [0.1, 0.15) is 0 Å². The quantitative estimate of drug-likeness (QED) is 0.712. The molecule has 0 aromatic carbocycles. The van der Waals surface area contributed by atoms with Crippen LogP contribution >= 0.6 is 0 Å². The molecule has 84 valence electrons. The van der Waals surface area contributed by atoms with Crippen molar-refractivity contribution in [2.24, 2.45) is 5.73 Å². The largest absolute Gasteiger partial charge is 0.327 e. The van der Waals surface area contributed by atoms with Crippen LogP contribution in [-0.2, 0) is 0 Å². The first-order chi connectivity index (χ1) is 6.43. The van der Waals surface area contributed by atoms with Gasteiger partial charge >= 0.3 is 0 Å². The molecule has 4 unspecified atom stereocenters. The maximum atomic E-state index is 5.94. The maximum Gasteiger partial charge on any atom is 0.0217 e. The van der Waals surface area contributed by atoms with Crippen LogP contribution in [-0.4, -0.2) is 54.1 Å². The summed E-state index contributed by atoms with van der Waals surface area (Å²) in [5, 5.41) is 0. The molecule has 0 aliphatic carbocycles. The van der Waals surface area contributed by atoms with Gasteiger partial charge in [-0.25, -0.2) is 0 Å². The molecule has 0 radical (unpaired) electrons. The van der Waals surface area contributed by atoms with E-state index >= 15 is 0 Å². The second-order valence-corrected chi connectivity index (χ2v) is 4.92. The van der Waals surface area contributed by atoms with E-state index in [4.69, 9.17) is 5.73 Å². The molecule has 1 aliphatic rings. The van der Waals surface area contributed by atoms with E-state index in [1.807, 2.05) is 0 Å². The van der Waals surface area contributed by atoms with Crippen LogP contribution in [0.4, 0.5) is 0 Å². The normalized spacial score (nSPS) is 35.6. The molecule has 3 heteroatoms. The minimum Gasteiger partial charge on any atom is -0.327 e. The van der Waals surface area contributed by atoms with E-state index in [2.05, 4.69) is 44.5 Å². The van der Waals surface area contributed by atoms with Crippen LogP contribution in [0.1, 0.15) is 27.7 Å². The summed E-state index contributed by atoms with van der Waals surface area (Å²) < 4.78 is 0. The van der Waals surface area contributed by atoms with Crippen LogP contribution in [0.3, 0.4) is 0 Å². The highest BCUT2D eigenvalue weighted by Gasteiger charge is 2.29. The highest BCUT2D eigenvalue weighted by molar-refractivity contribution is 4.87. The van der Waals surface area contributed by atoms with Crippen molar-refractivity contribution in [1.82, 2.24) is 9.80 Å². The van der Waals surface area contributed by atoms with E-state index in [1.54, 1.807) is 0 Å². The summed E-state index contributed by atoms with van der Waals surface area (Å²) in [5.41, 5.74) is 5.94. The molecule has 1 saturated heterocycles. The first kappa shape index (κ1) is 12.0. The standard InChI is InChI=1S/C11H25N3/c1-8-6-14(11(4)10(3)12)7-9(2)13(8)5/h8-11H,6-7,12H2,1-5H3. The average Bonchev–Trinajstić information content (AvgIpc) is 2.12. The molecule has 3 nitrogen and oxygen atoms in total. The lowest BCUT2D eigenvalue weighted by Gasteiger charge is -2.45. The number of nitrogens with zero attached hydrogens (tertiary/aromatic N) is 2. The maximum absolute atomic E-state index is 5.94. The number of hydrogen-bond donors (Lipinski definition) is 1. The minimum atomic E-state index is 0.262. The number of nitrogens with two attached hydrogens (primary N) is 1. The Morgan fingerprint density at radius 3 is 1.93 bits per heavy atom. The van der Waals surface area contributed by atoms with Gasteiger partial charge in [0.2, 0.25) is 0 Å². The lowest BCUT2D eigenvalue weighted by atomic mass is 10.0. The molecular formula is C11H25N3. The third-order valence-electron chi connectivity index (χ3n) is 3.72. The lowest BCUT2D eigenvalue weighted by molar-refractivity contribution is 0.0330. The molecule has 4 atom stereocenters. The predicted molar refractivity (Wildman–Crippen MR) is 61.4 cm³/mol. The molecule has 0 spiro atoms. The summed E-state index contributed by atoms with van der Waals surface area (Å²) in [6, 6.07) is 2.03. The molecule has 14 heavy (non-hydrogen) atoms. The van der Waals surface area contributed by atoms with Crippen molar-refractivity contribution in [1.29, 1.82) is 0 Å². The molecule has 1 fully saturated rings. The Kier molecular flexibility index (Phi) is 3.93. The first-order valence-electron chi connectivity index (χ1n) is 5.65. The molecule has 0 aromatic heterocycles. The summed E-state index contributed by atoms with van der Waals surface area (Å²) in [5.74, 6) is 0. The Labute approximate surface area is 88.2 Å². The zero-order valence-electron chi connectivity index (χ0n) is 10.2.